The van der Waals surface area contributed by atoms with E-state index in [4.69, 9.17) is 5.73 Å². The number of nitrogens with zero attached hydrogens (tertiary/aromatic N) is 5. The van der Waals surface area contributed by atoms with Crippen LogP contribution < -0.4 is 5.73 Å². The van der Waals surface area contributed by atoms with Crippen LogP contribution in [0.1, 0.15) is 22.6 Å². The zero-order chi connectivity index (χ0) is 19.5. The van der Waals surface area contributed by atoms with E-state index in [0.717, 1.165) is 5.56 Å². The fourth-order valence-electron chi connectivity index (χ4n) is 2.98. The molecule has 0 aliphatic heterocycles. The molecule has 0 amide bonds. The second kappa shape index (κ2) is 7.43. The van der Waals surface area contributed by atoms with Gasteiger partial charge in [-0.05, 0) is 30.7 Å². The summed E-state index contributed by atoms with van der Waals surface area (Å²) >= 11 is 0. The maximum Gasteiger partial charge on any atom is 0.221 e. The Morgan fingerprint density at radius 2 is 1.75 bits per heavy atom. The van der Waals surface area contributed by atoms with Gasteiger partial charge in [0.05, 0.1) is 5.69 Å². The lowest BCUT2D eigenvalue weighted by Crippen LogP contribution is -2.10. The number of hydrogen-bond donors (Lipinski definition) is 1. The van der Waals surface area contributed by atoms with Crippen LogP contribution in [0.15, 0.2) is 55.0 Å². The Kier molecular flexibility index (Phi) is 4.67. The monoisotopic (exact) mass is 374 g/mol. The summed E-state index contributed by atoms with van der Waals surface area (Å²) in [6.45, 7) is 0. The first kappa shape index (κ1) is 17.6. The lowest BCUT2D eigenvalue weighted by molar-refractivity contribution is 0.0979. The highest BCUT2D eigenvalue weighted by molar-refractivity contribution is 6.06. The van der Waals surface area contributed by atoms with E-state index in [9.17, 15) is 9.18 Å². The van der Waals surface area contributed by atoms with Crippen LogP contribution in [0.4, 0.5) is 10.3 Å². The number of pyridine rings is 1. The zero-order valence-corrected chi connectivity index (χ0v) is 14.7. The topological polar surface area (TPSA) is 108 Å². The van der Waals surface area contributed by atoms with E-state index >= 15 is 0 Å². The number of Topliss-reactive ketones (excluding diaryl/α,β-unsaturated/α-hetero) is 1. The lowest BCUT2D eigenvalue weighted by atomic mass is 10.0. The molecule has 0 aliphatic rings. The Hall–Kier alpha value is -3.81. The van der Waals surface area contributed by atoms with E-state index < -0.39 is 5.82 Å². The Morgan fingerprint density at radius 1 is 0.964 bits per heavy atom. The molecule has 0 radical (unpaired) electrons. The number of aromatic nitrogens is 5. The number of nitrogen functional groups attached to an aromatic ring is 1. The maximum absolute atomic E-state index is 14.0. The number of ketones is 1. The molecular formula is C20H15FN6O. The maximum atomic E-state index is 14.0. The molecule has 138 valence electrons. The highest BCUT2D eigenvalue weighted by Crippen LogP contribution is 2.23. The van der Waals surface area contributed by atoms with Crippen molar-refractivity contribution >= 4 is 22.6 Å². The van der Waals surface area contributed by atoms with Gasteiger partial charge in [0.1, 0.15) is 17.0 Å². The third-order valence-corrected chi connectivity index (χ3v) is 4.24. The highest BCUT2D eigenvalue weighted by atomic mass is 19.1. The van der Waals surface area contributed by atoms with Crippen molar-refractivity contribution in [2.75, 3.05) is 5.73 Å². The number of benzene rings is 1. The summed E-state index contributed by atoms with van der Waals surface area (Å²) in [6.07, 6.45) is 5.43. The smallest absolute Gasteiger partial charge is 0.221 e. The Balaban J connectivity index is 1.64. The molecule has 0 atom stereocenters. The molecule has 3 heterocycles. The van der Waals surface area contributed by atoms with Crippen LogP contribution in [0, 0.1) is 5.82 Å². The second-order valence-electron chi connectivity index (χ2n) is 6.06. The van der Waals surface area contributed by atoms with Crippen LogP contribution in [0.25, 0.3) is 22.3 Å². The number of rotatable bonds is 5. The number of carbonyl (C=O) groups excluding carboxylic acids is 1. The lowest BCUT2D eigenvalue weighted by Gasteiger charge is -2.08. The number of anilines is 1. The van der Waals surface area contributed by atoms with Gasteiger partial charge in [-0.25, -0.2) is 24.3 Å². The molecule has 0 spiro atoms. The fourth-order valence-corrected chi connectivity index (χ4v) is 2.98. The van der Waals surface area contributed by atoms with Gasteiger partial charge in [-0.15, -0.1) is 0 Å². The molecule has 2 N–H and O–H groups in total. The first-order valence-electron chi connectivity index (χ1n) is 8.59. The zero-order valence-electron chi connectivity index (χ0n) is 14.7. The Morgan fingerprint density at radius 3 is 2.57 bits per heavy atom. The average Bonchev–Trinajstić information content (AvgIpc) is 2.73. The summed E-state index contributed by atoms with van der Waals surface area (Å²) in [7, 11) is 0. The predicted octanol–water partition coefficient (Wildman–Crippen LogP) is 3.02. The highest BCUT2D eigenvalue weighted by Gasteiger charge is 2.17. The number of fused-ring (bicyclic) bond motifs is 1. The third kappa shape index (κ3) is 3.39. The third-order valence-electron chi connectivity index (χ3n) is 4.24. The van der Waals surface area contributed by atoms with Crippen LogP contribution in [0.3, 0.4) is 0 Å². The van der Waals surface area contributed by atoms with Gasteiger partial charge in [-0.2, -0.15) is 0 Å². The van der Waals surface area contributed by atoms with Crippen LogP contribution in [0.5, 0.6) is 0 Å². The van der Waals surface area contributed by atoms with Gasteiger partial charge in [0, 0.05) is 36.0 Å². The minimum atomic E-state index is -0.547. The van der Waals surface area contributed by atoms with Crippen molar-refractivity contribution in [1.82, 2.24) is 24.9 Å². The molecule has 4 rings (SSSR count). The second-order valence-corrected chi connectivity index (χ2v) is 6.06. The molecule has 0 aliphatic carbocycles. The van der Waals surface area contributed by atoms with E-state index in [1.807, 2.05) is 6.07 Å². The van der Waals surface area contributed by atoms with Crippen molar-refractivity contribution in [3.63, 3.8) is 0 Å². The molecule has 28 heavy (non-hydrogen) atoms. The van der Waals surface area contributed by atoms with Gasteiger partial charge in [0.2, 0.25) is 5.95 Å². The fraction of sp³-hybridized carbons (Fsp3) is 0.100. The Labute approximate surface area is 159 Å². The summed E-state index contributed by atoms with van der Waals surface area (Å²) in [5.41, 5.74) is 7.26. The normalized spacial score (nSPS) is 10.9. The minimum Gasteiger partial charge on any atom is -0.368 e. The van der Waals surface area contributed by atoms with Crippen LogP contribution in [-0.4, -0.2) is 30.7 Å². The number of para-hydroxylation sites is 1. The number of hydrogen-bond acceptors (Lipinski definition) is 7. The predicted molar refractivity (Wildman–Crippen MR) is 102 cm³/mol. The SMILES string of the molecule is Nc1nc(C(=O)CCc2ncccc2-c2ncccn2)c2cccc(F)c2n1. The molecule has 3 aromatic heterocycles. The van der Waals surface area contributed by atoms with Crippen molar-refractivity contribution in [1.29, 1.82) is 0 Å². The summed E-state index contributed by atoms with van der Waals surface area (Å²) in [5, 5.41) is 0.340. The first-order valence-corrected chi connectivity index (χ1v) is 8.59. The van der Waals surface area contributed by atoms with Gasteiger partial charge in [0.15, 0.2) is 11.6 Å². The summed E-state index contributed by atoms with van der Waals surface area (Å²) in [6, 6.07) is 9.76. The van der Waals surface area contributed by atoms with Gasteiger partial charge >= 0.3 is 0 Å². The van der Waals surface area contributed by atoms with Crippen LogP contribution >= 0.6 is 0 Å². The molecule has 8 heteroatoms. The van der Waals surface area contributed by atoms with Crippen LogP contribution in [-0.2, 0) is 6.42 Å². The van der Waals surface area contributed by atoms with E-state index in [2.05, 4.69) is 24.9 Å². The molecule has 0 bridgehead atoms. The molecule has 7 nitrogen and oxygen atoms in total. The number of nitrogens with two attached hydrogens (primary N) is 1. The van der Waals surface area contributed by atoms with E-state index in [1.165, 1.54) is 12.1 Å². The molecule has 0 saturated heterocycles. The molecule has 4 aromatic rings. The number of aryl methyl sites for hydroxylation is 1. The van der Waals surface area contributed by atoms with Crippen molar-refractivity contribution in [3.8, 4) is 11.4 Å². The van der Waals surface area contributed by atoms with Crippen molar-refractivity contribution < 1.29 is 9.18 Å². The van der Waals surface area contributed by atoms with Gasteiger partial charge < -0.3 is 5.73 Å². The summed E-state index contributed by atoms with van der Waals surface area (Å²) in [4.78, 5) is 33.6. The van der Waals surface area contributed by atoms with Crippen molar-refractivity contribution in [3.05, 3.63) is 72.2 Å². The van der Waals surface area contributed by atoms with E-state index in [0.29, 0.717) is 23.3 Å². The van der Waals surface area contributed by atoms with E-state index in [1.54, 1.807) is 36.8 Å². The van der Waals surface area contributed by atoms with E-state index in [-0.39, 0.29) is 29.4 Å². The standard InChI is InChI=1S/C20H15FN6O/c21-14-6-1-4-13-17(14)26-20(22)27-18(13)16(28)8-7-15-12(5-2-9-23-15)19-24-10-3-11-25-19/h1-6,9-11H,7-8H2,(H2,22,26,27). The molecular weight excluding hydrogens is 359 g/mol. The summed E-state index contributed by atoms with van der Waals surface area (Å²) in [5.74, 6) is -0.418. The minimum absolute atomic E-state index is 0.0366. The average molecular weight is 374 g/mol. The molecule has 0 fully saturated rings. The van der Waals surface area contributed by atoms with Crippen LogP contribution in [0.2, 0.25) is 0 Å². The Bertz CT molecular complexity index is 1170. The van der Waals surface area contributed by atoms with Crippen molar-refractivity contribution in [2.45, 2.75) is 12.8 Å². The largest absolute Gasteiger partial charge is 0.368 e. The molecule has 1 aromatic carbocycles. The van der Waals surface area contributed by atoms with Gasteiger partial charge in [-0.3, -0.25) is 9.78 Å². The molecule has 0 saturated carbocycles. The van der Waals surface area contributed by atoms with Gasteiger partial charge in [-0.1, -0.05) is 12.1 Å². The number of carbonyl (C=O) groups is 1. The quantitative estimate of drug-likeness (QED) is 0.535. The first-order chi connectivity index (χ1) is 13.6. The summed E-state index contributed by atoms with van der Waals surface area (Å²) < 4.78 is 14.0. The number of halogens is 1. The van der Waals surface area contributed by atoms with Crippen molar-refractivity contribution in [2.24, 2.45) is 0 Å². The molecule has 0 unspecified atom stereocenters. The van der Waals surface area contributed by atoms with Gasteiger partial charge in [0.25, 0.3) is 0 Å².